The van der Waals surface area contributed by atoms with Crippen LogP contribution in [0.1, 0.15) is 20.9 Å². The van der Waals surface area contributed by atoms with Gasteiger partial charge in [-0.1, -0.05) is 23.2 Å². The largest absolute Gasteiger partial charge is 0.347 e. The summed E-state index contributed by atoms with van der Waals surface area (Å²) in [7, 11) is 0. The van der Waals surface area contributed by atoms with Gasteiger partial charge in [-0.3, -0.25) is 14.9 Å². The highest BCUT2D eigenvalue weighted by Crippen LogP contribution is 2.33. The Morgan fingerprint density at radius 2 is 2.19 bits per heavy atom. The third-order valence-corrected chi connectivity index (χ3v) is 4.45. The molecule has 0 saturated carbocycles. The minimum Gasteiger partial charge on any atom is -0.347 e. The molecule has 0 radical (unpaired) electrons. The normalized spacial score (nSPS) is 10.4. The number of nitrogens with zero attached hydrogens (tertiary/aromatic N) is 2. The van der Waals surface area contributed by atoms with Crippen molar-refractivity contribution >= 4 is 46.1 Å². The zero-order valence-corrected chi connectivity index (χ0v) is 13.1. The number of thiazole rings is 1. The summed E-state index contributed by atoms with van der Waals surface area (Å²) in [5, 5.41) is 13.3. The van der Waals surface area contributed by atoms with E-state index in [0.29, 0.717) is 6.54 Å². The van der Waals surface area contributed by atoms with Crippen LogP contribution in [0.3, 0.4) is 0 Å². The lowest BCUT2D eigenvalue weighted by Gasteiger charge is -2.06. The molecule has 0 aliphatic carbocycles. The van der Waals surface area contributed by atoms with Crippen LogP contribution in [0.25, 0.3) is 0 Å². The van der Waals surface area contributed by atoms with Gasteiger partial charge in [0.2, 0.25) is 0 Å². The van der Waals surface area contributed by atoms with Crippen molar-refractivity contribution in [3.8, 4) is 0 Å². The molecule has 0 aliphatic rings. The zero-order valence-electron chi connectivity index (χ0n) is 10.7. The Morgan fingerprint density at radius 3 is 2.76 bits per heavy atom. The van der Waals surface area contributed by atoms with E-state index in [1.807, 2.05) is 6.92 Å². The number of halogens is 2. The number of amides is 1. The summed E-state index contributed by atoms with van der Waals surface area (Å²) >= 11 is 13.0. The maximum atomic E-state index is 12.0. The number of carbonyl (C=O) groups excluding carboxylic acids is 1. The summed E-state index contributed by atoms with van der Waals surface area (Å²) in [5.74, 6) is -0.468. The summed E-state index contributed by atoms with van der Waals surface area (Å²) in [6.07, 6.45) is 0. The van der Waals surface area contributed by atoms with Crippen molar-refractivity contribution in [3.63, 3.8) is 0 Å². The molecule has 0 fully saturated rings. The van der Waals surface area contributed by atoms with Gasteiger partial charge in [-0.25, -0.2) is 4.98 Å². The maximum absolute atomic E-state index is 12.0. The Morgan fingerprint density at radius 1 is 1.48 bits per heavy atom. The van der Waals surface area contributed by atoms with Crippen molar-refractivity contribution in [2.24, 2.45) is 0 Å². The van der Waals surface area contributed by atoms with E-state index in [-0.39, 0.29) is 15.6 Å². The van der Waals surface area contributed by atoms with Crippen molar-refractivity contribution in [3.05, 3.63) is 53.9 Å². The Hall–Kier alpha value is -1.70. The molecule has 0 spiro atoms. The van der Waals surface area contributed by atoms with Gasteiger partial charge >= 0.3 is 0 Å². The molecule has 1 heterocycles. The van der Waals surface area contributed by atoms with E-state index in [1.54, 1.807) is 5.51 Å². The first-order valence-electron chi connectivity index (χ1n) is 5.70. The van der Waals surface area contributed by atoms with Crippen LogP contribution in [-0.2, 0) is 6.54 Å². The molecule has 1 aromatic carbocycles. The second-order valence-corrected chi connectivity index (χ2v) is 5.82. The molecule has 2 aromatic rings. The highest BCUT2D eigenvalue weighted by Gasteiger charge is 2.20. The van der Waals surface area contributed by atoms with E-state index in [0.717, 1.165) is 16.6 Å². The Labute approximate surface area is 133 Å². The lowest BCUT2D eigenvalue weighted by molar-refractivity contribution is -0.384. The van der Waals surface area contributed by atoms with Crippen molar-refractivity contribution in [1.82, 2.24) is 10.3 Å². The average Bonchev–Trinajstić information content (AvgIpc) is 2.84. The van der Waals surface area contributed by atoms with Crippen molar-refractivity contribution in [1.29, 1.82) is 0 Å². The summed E-state index contributed by atoms with van der Waals surface area (Å²) in [6, 6.07) is 2.40. The van der Waals surface area contributed by atoms with Gasteiger partial charge < -0.3 is 5.32 Å². The van der Waals surface area contributed by atoms with Gasteiger partial charge in [0.1, 0.15) is 5.02 Å². The first-order chi connectivity index (χ1) is 9.90. The number of aromatic nitrogens is 1. The average molecular weight is 346 g/mol. The quantitative estimate of drug-likeness (QED) is 0.677. The van der Waals surface area contributed by atoms with Gasteiger partial charge in [0.05, 0.1) is 27.7 Å². The van der Waals surface area contributed by atoms with Gasteiger partial charge in [0.25, 0.3) is 11.6 Å². The van der Waals surface area contributed by atoms with Gasteiger partial charge in [0.15, 0.2) is 0 Å². The van der Waals surface area contributed by atoms with Gasteiger partial charge in [0, 0.05) is 16.5 Å². The third-order valence-electron chi connectivity index (χ3n) is 2.72. The van der Waals surface area contributed by atoms with E-state index >= 15 is 0 Å². The second-order valence-electron chi connectivity index (χ2n) is 4.09. The van der Waals surface area contributed by atoms with Crippen LogP contribution in [0.5, 0.6) is 0 Å². The fraction of sp³-hybridized carbons (Fsp3) is 0.167. The van der Waals surface area contributed by atoms with Crippen LogP contribution in [0.4, 0.5) is 5.69 Å². The molecule has 0 bridgehead atoms. The highest BCUT2D eigenvalue weighted by molar-refractivity contribution is 7.09. The minimum absolute atomic E-state index is 0.0370. The molecule has 0 saturated heterocycles. The Balaban J connectivity index is 2.20. The van der Waals surface area contributed by atoms with Gasteiger partial charge in [-0.15, -0.1) is 11.3 Å². The van der Waals surface area contributed by atoms with E-state index in [9.17, 15) is 14.9 Å². The Bertz CT molecular complexity index is 718. The SMILES string of the molecule is Cc1ncsc1CNC(=O)c1cc(Cl)c(Cl)c([N+](=O)[O-])c1. The van der Waals surface area contributed by atoms with Crippen molar-refractivity contribution in [2.45, 2.75) is 13.5 Å². The summed E-state index contributed by atoms with van der Waals surface area (Å²) in [5.41, 5.74) is 2.20. The minimum atomic E-state index is -0.682. The number of nitrogens with one attached hydrogen (secondary N) is 1. The van der Waals surface area contributed by atoms with Crippen LogP contribution in [0.15, 0.2) is 17.6 Å². The highest BCUT2D eigenvalue weighted by atomic mass is 35.5. The number of nitro benzene ring substituents is 1. The first kappa shape index (κ1) is 15.7. The number of aryl methyl sites for hydroxylation is 1. The van der Waals surface area contributed by atoms with Gasteiger partial charge in [-0.2, -0.15) is 0 Å². The monoisotopic (exact) mass is 345 g/mol. The maximum Gasteiger partial charge on any atom is 0.290 e. The van der Waals surface area contributed by atoms with Crippen molar-refractivity contribution < 1.29 is 9.72 Å². The topological polar surface area (TPSA) is 85.1 Å². The number of hydrogen-bond acceptors (Lipinski definition) is 5. The third kappa shape index (κ3) is 3.49. The lowest BCUT2D eigenvalue weighted by atomic mass is 10.2. The van der Waals surface area contributed by atoms with Crippen LogP contribution in [-0.4, -0.2) is 15.8 Å². The predicted molar refractivity (Wildman–Crippen MR) is 81.1 cm³/mol. The summed E-state index contributed by atoms with van der Waals surface area (Å²) in [4.78, 5) is 27.2. The molecule has 0 aliphatic heterocycles. The number of carbonyl (C=O) groups is 1. The number of hydrogen-bond donors (Lipinski definition) is 1. The molecule has 21 heavy (non-hydrogen) atoms. The van der Waals surface area contributed by atoms with Crippen LogP contribution < -0.4 is 5.32 Å². The molecule has 1 amide bonds. The number of rotatable bonds is 4. The molecule has 0 unspecified atom stereocenters. The predicted octanol–water partition coefficient (Wildman–Crippen LogP) is 3.60. The molecule has 1 N–H and O–H groups in total. The fourth-order valence-corrected chi connectivity index (χ4v) is 2.71. The van der Waals surface area contributed by atoms with E-state index in [2.05, 4.69) is 10.3 Å². The molecule has 1 aromatic heterocycles. The number of nitro groups is 1. The Kier molecular flexibility index (Phi) is 4.76. The molecular formula is C12H9Cl2N3O3S. The van der Waals surface area contributed by atoms with E-state index in [1.165, 1.54) is 17.4 Å². The van der Waals surface area contributed by atoms with Crippen molar-refractivity contribution in [2.75, 3.05) is 0 Å². The molecular weight excluding hydrogens is 337 g/mol. The standard InChI is InChI=1S/C12H9Cl2N3O3S/c1-6-10(21-5-16-6)4-15-12(18)7-2-8(13)11(14)9(3-7)17(19)20/h2-3,5H,4H2,1H3,(H,15,18). The van der Waals surface area contributed by atoms with E-state index < -0.39 is 16.5 Å². The second kappa shape index (κ2) is 6.38. The van der Waals surface area contributed by atoms with Gasteiger partial charge in [-0.05, 0) is 13.0 Å². The fourth-order valence-electron chi connectivity index (χ4n) is 1.60. The molecule has 110 valence electrons. The molecule has 0 atom stereocenters. The zero-order chi connectivity index (χ0) is 15.6. The molecule has 2 rings (SSSR count). The first-order valence-corrected chi connectivity index (χ1v) is 7.34. The lowest BCUT2D eigenvalue weighted by Crippen LogP contribution is -2.22. The van der Waals surface area contributed by atoms with Crippen LogP contribution in [0.2, 0.25) is 10.0 Å². The molecule has 6 nitrogen and oxygen atoms in total. The van der Waals surface area contributed by atoms with Crippen LogP contribution >= 0.6 is 34.5 Å². The smallest absolute Gasteiger partial charge is 0.290 e. The number of benzene rings is 1. The molecule has 9 heteroatoms. The van der Waals surface area contributed by atoms with Crippen LogP contribution in [0, 0.1) is 17.0 Å². The summed E-state index contributed by atoms with van der Waals surface area (Å²) in [6.45, 7) is 2.13. The summed E-state index contributed by atoms with van der Waals surface area (Å²) < 4.78 is 0. The van der Waals surface area contributed by atoms with E-state index in [4.69, 9.17) is 23.2 Å².